The first kappa shape index (κ1) is 9.59. The van der Waals surface area contributed by atoms with E-state index in [1.165, 1.54) is 16.9 Å². The lowest BCUT2D eigenvalue weighted by Gasteiger charge is -2.26. The van der Waals surface area contributed by atoms with Gasteiger partial charge in [-0.2, -0.15) is 0 Å². The molecule has 3 rings (SSSR count). The molecule has 1 atom stereocenters. The van der Waals surface area contributed by atoms with Gasteiger partial charge in [-0.25, -0.2) is 0 Å². The van der Waals surface area contributed by atoms with E-state index in [0.29, 0.717) is 0 Å². The number of fused-ring (bicyclic) bond motifs is 1. The molecule has 0 aliphatic carbocycles. The number of anilines is 1. The molecular formula is C11H11N3OS. The minimum atomic E-state index is 0.276. The Balaban J connectivity index is 1.87. The molecular weight excluding hydrogens is 222 g/mol. The minimum Gasteiger partial charge on any atom is -0.493 e. The maximum absolute atomic E-state index is 5.60. The van der Waals surface area contributed by atoms with E-state index in [1.54, 1.807) is 5.51 Å². The van der Waals surface area contributed by atoms with Gasteiger partial charge in [0.1, 0.15) is 11.3 Å². The quantitative estimate of drug-likeness (QED) is 0.865. The highest BCUT2D eigenvalue weighted by Crippen LogP contribution is 2.33. The molecule has 1 aliphatic rings. The summed E-state index contributed by atoms with van der Waals surface area (Å²) < 4.78 is 5.60. The van der Waals surface area contributed by atoms with Gasteiger partial charge in [0.15, 0.2) is 0 Å². The van der Waals surface area contributed by atoms with Crippen molar-refractivity contribution in [3.05, 3.63) is 35.3 Å². The van der Waals surface area contributed by atoms with Gasteiger partial charge in [-0.15, -0.1) is 10.2 Å². The molecule has 2 heterocycles. The highest BCUT2D eigenvalue weighted by molar-refractivity contribution is 7.13. The summed E-state index contributed by atoms with van der Waals surface area (Å²) in [6.45, 7) is 0.744. The van der Waals surface area contributed by atoms with Gasteiger partial charge in [-0.05, 0) is 6.07 Å². The van der Waals surface area contributed by atoms with Crippen LogP contribution in [0.4, 0.5) is 5.13 Å². The second-order valence-corrected chi connectivity index (χ2v) is 4.45. The first-order chi connectivity index (χ1) is 7.93. The normalized spacial score (nSPS) is 18.6. The number of aromatic nitrogens is 2. The van der Waals surface area contributed by atoms with Crippen LogP contribution in [0.5, 0.6) is 5.75 Å². The highest BCUT2D eigenvalue weighted by Gasteiger charge is 2.21. The molecule has 0 saturated carbocycles. The van der Waals surface area contributed by atoms with E-state index < -0.39 is 0 Å². The van der Waals surface area contributed by atoms with Crippen LogP contribution in [0.25, 0.3) is 0 Å². The fourth-order valence-electron chi connectivity index (χ4n) is 1.88. The van der Waals surface area contributed by atoms with Crippen LogP contribution >= 0.6 is 11.3 Å². The molecule has 1 N–H and O–H groups in total. The Labute approximate surface area is 97.3 Å². The Morgan fingerprint density at radius 2 is 2.31 bits per heavy atom. The predicted molar refractivity (Wildman–Crippen MR) is 62.8 cm³/mol. The molecule has 2 aromatic rings. The van der Waals surface area contributed by atoms with Gasteiger partial charge in [0, 0.05) is 12.0 Å². The first-order valence-corrected chi connectivity index (χ1v) is 6.06. The number of rotatable bonds is 2. The van der Waals surface area contributed by atoms with Crippen LogP contribution in [0.1, 0.15) is 18.0 Å². The Morgan fingerprint density at radius 1 is 1.38 bits per heavy atom. The van der Waals surface area contributed by atoms with Crippen LogP contribution in [0, 0.1) is 0 Å². The second-order valence-electron chi connectivity index (χ2n) is 3.62. The lowest BCUT2D eigenvalue weighted by molar-refractivity contribution is 0.274. The zero-order valence-electron chi connectivity index (χ0n) is 8.59. The Morgan fingerprint density at radius 3 is 3.19 bits per heavy atom. The van der Waals surface area contributed by atoms with Gasteiger partial charge >= 0.3 is 0 Å². The Hall–Kier alpha value is -1.62. The molecule has 0 fully saturated rings. The molecule has 5 heteroatoms. The van der Waals surface area contributed by atoms with Crippen molar-refractivity contribution in [3.8, 4) is 5.75 Å². The van der Waals surface area contributed by atoms with Crippen molar-refractivity contribution in [2.75, 3.05) is 11.9 Å². The molecule has 0 amide bonds. The summed E-state index contributed by atoms with van der Waals surface area (Å²) in [5.41, 5.74) is 2.93. The Bertz CT molecular complexity index is 472. The molecule has 0 radical (unpaired) electrons. The molecule has 16 heavy (non-hydrogen) atoms. The summed E-state index contributed by atoms with van der Waals surface area (Å²) in [4.78, 5) is 0. The number of nitrogens with zero attached hydrogens (tertiary/aromatic N) is 2. The minimum absolute atomic E-state index is 0.276. The average Bonchev–Trinajstić information content (AvgIpc) is 2.82. The van der Waals surface area contributed by atoms with Gasteiger partial charge in [0.25, 0.3) is 0 Å². The average molecular weight is 233 g/mol. The Kier molecular flexibility index (Phi) is 2.46. The van der Waals surface area contributed by atoms with Crippen LogP contribution in [0.2, 0.25) is 0 Å². The molecule has 1 unspecified atom stereocenters. The van der Waals surface area contributed by atoms with Crippen molar-refractivity contribution in [1.82, 2.24) is 10.2 Å². The molecule has 0 bridgehead atoms. The summed E-state index contributed by atoms with van der Waals surface area (Å²) in [7, 11) is 0. The van der Waals surface area contributed by atoms with E-state index in [2.05, 4.69) is 21.6 Å². The first-order valence-electron chi connectivity index (χ1n) is 5.18. The van der Waals surface area contributed by atoms with Crippen LogP contribution in [0.3, 0.4) is 0 Å². The van der Waals surface area contributed by atoms with Crippen LogP contribution < -0.4 is 10.1 Å². The molecule has 82 valence electrons. The monoisotopic (exact) mass is 233 g/mol. The standard InChI is InChI=1S/C11H11N3OS/c1-2-4-10-8(3-1)9(5-6-15-10)13-11-14-12-7-16-11/h1-4,7,9H,5-6H2,(H,13,14). The maximum atomic E-state index is 5.60. The SMILES string of the molecule is c1ccc2c(c1)OCCC2Nc1nncs1. The third-order valence-corrected chi connectivity index (χ3v) is 3.24. The summed E-state index contributed by atoms with van der Waals surface area (Å²) >= 11 is 1.52. The van der Waals surface area contributed by atoms with Crippen molar-refractivity contribution in [2.24, 2.45) is 0 Å². The number of hydrogen-bond acceptors (Lipinski definition) is 5. The number of ether oxygens (including phenoxy) is 1. The van der Waals surface area contributed by atoms with Crippen molar-refractivity contribution >= 4 is 16.5 Å². The molecule has 1 aromatic carbocycles. The van der Waals surface area contributed by atoms with E-state index in [4.69, 9.17) is 4.74 Å². The third-order valence-electron chi connectivity index (χ3n) is 2.62. The molecule has 4 nitrogen and oxygen atoms in total. The van der Waals surface area contributed by atoms with Crippen molar-refractivity contribution < 1.29 is 4.74 Å². The van der Waals surface area contributed by atoms with E-state index >= 15 is 0 Å². The number of para-hydroxylation sites is 1. The van der Waals surface area contributed by atoms with E-state index in [1.807, 2.05) is 18.2 Å². The molecule has 0 saturated heterocycles. The van der Waals surface area contributed by atoms with Gasteiger partial charge < -0.3 is 10.1 Å². The van der Waals surface area contributed by atoms with Crippen molar-refractivity contribution in [3.63, 3.8) is 0 Å². The molecule has 1 aliphatic heterocycles. The summed E-state index contributed by atoms with van der Waals surface area (Å²) in [5, 5.41) is 12.1. The molecule has 0 spiro atoms. The van der Waals surface area contributed by atoms with Crippen molar-refractivity contribution in [2.45, 2.75) is 12.5 Å². The second kappa shape index (κ2) is 4.09. The highest BCUT2D eigenvalue weighted by atomic mass is 32.1. The topological polar surface area (TPSA) is 47.0 Å². The largest absolute Gasteiger partial charge is 0.493 e. The number of benzene rings is 1. The van der Waals surface area contributed by atoms with E-state index in [9.17, 15) is 0 Å². The van der Waals surface area contributed by atoms with Gasteiger partial charge in [0.2, 0.25) is 5.13 Å². The van der Waals surface area contributed by atoms with Gasteiger partial charge in [-0.3, -0.25) is 0 Å². The third kappa shape index (κ3) is 1.74. The predicted octanol–water partition coefficient (Wildman–Crippen LogP) is 2.47. The summed E-state index contributed by atoms with van der Waals surface area (Å²) in [6, 6.07) is 8.39. The van der Waals surface area contributed by atoms with E-state index in [0.717, 1.165) is 23.9 Å². The lowest BCUT2D eigenvalue weighted by Crippen LogP contribution is -2.20. The van der Waals surface area contributed by atoms with Crippen LogP contribution in [0.15, 0.2) is 29.8 Å². The van der Waals surface area contributed by atoms with Crippen LogP contribution in [-0.4, -0.2) is 16.8 Å². The molecule has 1 aromatic heterocycles. The van der Waals surface area contributed by atoms with Crippen molar-refractivity contribution in [1.29, 1.82) is 0 Å². The number of hydrogen-bond donors (Lipinski definition) is 1. The fourth-order valence-corrected chi connectivity index (χ4v) is 2.38. The smallest absolute Gasteiger partial charge is 0.205 e. The fraction of sp³-hybridized carbons (Fsp3) is 0.273. The van der Waals surface area contributed by atoms with Crippen LogP contribution in [-0.2, 0) is 0 Å². The van der Waals surface area contributed by atoms with Gasteiger partial charge in [-0.1, -0.05) is 29.5 Å². The summed E-state index contributed by atoms with van der Waals surface area (Å²) in [5.74, 6) is 0.968. The summed E-state index contributed by atoms with van der Waals surface area (Å²) in [6.07, 6.45) is 0.955. The maximum Gasteiger partial charge on any atom is 0.205 e. The zero-order chi connectivity index (χ0) is 10.8. The lowest BCUT2D eigenvalue weighted by atomic mass is 10.0. The van der Waals surface area contributed by atoms with E-state index in [-0.39, 0.29) is 6.04 Å². The van der Waals surface area contributed by atoms with Gasteiger partial charge in [0.05, 0.1) is 12.6 Å². The number of nitrogens with one attached hydrogen (secondary N) is 1. The zero-order valence-corrected chi connectivity index (χ0v) is 9.41.